The minimum absolute atomic E-state index is 0.0848. The van der Waals surface area contributed by atoms with Gasteiger partial charge in [-0.05, 0) is 40.2 Å². The van der Waals surface area contributed by atoms with Gasteiger partial charge in [-0.3, -0.25) is 0 Å². The Morgan fingerprint density at radius 1 is 1.05 bits per heavy atom. The highest BCUT2D eigenvalue weighted by molar-refractivity contribution is 6.49. The fourth-order valence-electron chi connectivity index (χ4n) is 2.36. The summed E-state index contributed by atoms with van der Waals surface area (Å²) in [6.45, 7) is 11.8. The van der Waals surface area contributed by atoms with Gasteiger partial charge >= 0.3 is 7.12 Å². The first-order valence-electron chi connectivity index (χ1n) is 7.21. The van der Waals surface area contributed by atoms with E-state index < -0.39 is 23.8 Å². The smallest absolute Gasteiger partial charge is 0.401 e. The first-order chi connectivity index (χ1) is 9.08. The van der Waals surface area contributed by atoms with E-state index in [1.54, 1.807) is 6.92 Å². The van der Waals surface area contributed by atoms with Crippen LogP contribution in [0.5, 0.6) is 0 Å². The molecule has 0 radical (unpaired) electrons. The van der Waals surface area contributed by atoms with Gasteiger partial charge in [0.15, 0.2) is 0 Å². The zero-order valence-electron chi connectivity index (χ0n) is 13.3. The molecule has 0 saturated carbocycles. The predicted octanol–water partition coefficient (Wildman–Crippen LogP) is 3.17. The molecule has 0 aliphatic carbocycles. The number of hydrogen-bond donors (Lipinski definition) is 1. The van der Waals surface area contributed by atoms with Crippen LogP contribution < -0.4 is 0 Å². The molecule has 1 aromatic carbocycles. The maximum absolute atomic E-state index is 11.0. The average Bonchev–Trinajstić information content (AvgIpc) is 2.59. The molecule has 3 nitrogen and oxygen atoms in total. The minimum atomic E-state index is -1.09. The summed E-state index contributed by atoms with van der Waals surface area (Å²) in [4.78, 5) is 0. The van der Waals surface area contributed by atoms with Crippen molar-refractivity contribution in [2.75, 3.05) is 0 Å². The lowest BCUT2D eigenvalue weighted by Gasteiger charge is -2.32. The molecular weight excluding hydrogens is 251 g/mol. The molecule has 1 fully saturated rings. The summed E-state index contributed by atoms with van der Waals surface area (Å²) in [7, 11) is -0.636. The molecular formula is C16H25BO3. The second-order valence-corrected chi connectivity index (χ2v) is 6.95. The van der Waals surface area contributed by atoms with Crippen molar-refractivity contribution in [2.45, 2.75) is 64.2 Å². The maximum atomic E-state index is 11.0. The minimum Gasteiger partial charge on any atom is -0.401 e. The van der Waals surface area contributed by atoms with E-state index in [4.69, 9.17) is 9.31 Å². The second kappa shape index (κ2) is 4.87. The lowest BCUT2D eigenvalue weighted by Crippen LogP contribution is -2.49. The Kier molecular flexibility index (Phi) is 3.78. The Bertz CT molecular complexity index is 452. The van der Waals surface area contributed by atoms with Crippen LogP contribution in [0.4, 0.5) is 0 Å². The van der Waals surface area contributed by atoms with Crippen LogP contribution >= 0.6 is 0 Å². The Hall–Kier alpha value is -0.835. The molecule has 1 heterocycles. The third-order valence-corrected chi connectivity index (χ3v) is 4.91. The Balaban J connectivity index is 2.24. The summed E-state index contributed by atoms with van der Waals surface area (Å²) in [6.07, 6.45) is 0. The van der Waals surface area contributed by atoms with Gasteiger partial charge in [0.2, 0.25) is 0 Å². The van der Waals surface area contributed by atoms with Gasteiger partial charge < -0.3 is 14.4 Å². The van der Waals surface area contributed by atoms with Crippen LogP contribution in [-0.4, -0.2) is 28.9 Å². The fraction of sp³-hybridized carbons (Fsp3) is 0.625. The quantitative estimate of drug-likeness (QED) is 0.862. The van der Waals surface area contributed by atoms with Gasteiger partial charge in [-0.25, -0.2) is 0 Å². The molecule has 110 valence electrons. The Morgan fingerprint density at radius 3 is 1.95 bits per heavy atom. The van der Waals surface area contributed by atoms with Crippen molar-refractivity contribution in [1.82, 2.24) is 0 Å². The third kappa shape index (κ3) is 2.52. The topological polar surface area (TPSA) is 38.7 Å². The molecule has 20 heavy (non-hydrogen) atoms. The normalized spacial score (nSPS) is 25.2. The molecule has 1 N–H and O–H groups in total. The van der Waals surface area contributed by atoms with E-state index in [0.29, 0.717) is 0 Å². The van der Waals surface area contributed by atoms with Crippen LogP contribution in [0.15, 0.2) is 30.3 Å². The number of hydrogen-bond acceptors (Lipinski definition) is 3. The van der Waals surface area contributed by atoms with Crippen LogP contribution in [-0.2, 0) is 9.31 Å². The van der Waals surface area contributed by atoms with Gasteiger partial charge in [0.05, 0.1) is 11.2 Å². The summed E-state index contributed by atoms with van der Waals surface area (Å²) < 4.78 is 12.0. The number of rotatable bonds is 3. The van der Waals surface area contributed by atoms with Gasteiger partial charge in [0.25, 0.3) is 0 Å². The standard InChI is InChI=1S/C16H25BO3/c1-12(13-10-8-7-9-11-13)16(6,18)17-19-14(2,3)15(4,5)20-17/h7-12,18H,1-6H3/t12-,16+/m1/s1. The van der Waals surface area contributed by atoms with Gasteiger partial charge in [-0.15, -0.1) is 0 Å². The van der Waals surface area contributed by atoms with Crippen LogP contribution in [0.25, 0.3) is 0 Å². The molecule has 1 aliphatic heterocycles. The first-order valence-corrected chi connectivity index (χ1v) is 7.21. The van der Waals surface area contributed by atoms with E-state index in [2.05, 4.69) is 0 Å². The van der Waals surface area contributed by atoms with Gasteiger partial charge in [-0.1, -0.05) is 37.3 Å². The van der Waals surface area contributed by atoms with Crippen molar-refractivity contribution in [3.05, 3.63) is 35.9 Å². The van der Waals surface area contributed by atoms with Crippen LogP contribution in [0.3, 0.4) is 0 Å². The van der Waals surface area contributed by atoms with E-state index in [-0.39, 0.29) is 5.92 Å². The van der Waals surface area contributed by atoms with E-state index in [1.165, 1.54) is 0 Å². The van der Waals surface area contributed by atoms with Crippen molar-refractivity contribution in [3.63, 3.8) is 0 Å². The largest absolute Gasteiger partial charge is 0.492 e. The second-order valence-electron chi connectivity index (χ2n) is 6.95. The molecule has 0 spiro atoms. The summed E-state index contributed by atoms with van der Waals surface area (Å²) >= 11 is 0. The van der Waals surface area contributed by atoms with Crippen molar-refractivity contribution in [2.24, 2.45) is 0 Å². The highest BCUT2D eigenvalue weighted by Crippen LogP contribution is 2.42. The molecule has 0 bridgehead atoms. The zero-order chi connectivity index (χ0) is 15.2. The van der Waals surface area contributed by atoms with Crippen molar-refractivity contribution in [1.29, 1.82) is 0 Å². The molecule has 1 aromatic rings. The highest BCUT2D eigenvalue weighted by Gasteiger charge is 2.59. The maximum Gasteiger partial charge on any atom is 0.492 e. The van der Waals surface area contributed by atoms with Crippen molar-refractivity contribution in [3.8, 4) is 0 Å². The summed E-state index contributed by atoms with van der Waals surface area (Å²) in [5.74, 6) is -0.0848. The summed E-state index contributed by atoms with van der Waals surface area (Å²) in [5, 5.41) is 11.0. The molecule has 1 aliphatic rings. The fourth-order valence-corrected chi connectivity index (χ4v) is 2.36. The molecule has 0 unspecified atom stereocenters. The van der Waals surface area contributed by atoms with Gasteiger partial charge in [0, 0.05) is 5.92 Å². The van der Waals surface area contributed by atoms with Crippen LogP contribution in [0.2, 0.25) is 0 Å². The van der Waals surface area contributed by atoms with Gasteiger partial charge in [0.1, 0.15) is 5.50 Å². The predicted molar refractivity (Wildman–Crippen MR) is 81.6 cm³/mol. The SMILES string of the molecule is C[C@H](c1ccccc1)[C@](C)(O)B1OC(C)(C)C(C)(C)O1. The van der Waals surface area contributed by atoms with Crippen molar-refractivity contribution < 1.29 is 14.4 Å². The lowest BCUT2D eigenvalue weighted by atomic mass is 9.60. The Labute approximate surface area is 122 Å². The monoisotopic (exact) mass is 276 g/mol. The molecule has 2 rings (SSSR count). The summed E-state index contributed by atoms with van der Waals surface area (Å²) in [5.41, 5.74) is -0.880. The molecule has 0 amide bonds. The number of aliphatic hydroxyl groups is 1. The Morgan fingerprint density at radius 2 is 1.50 bits per heavy atom. The van der Waals surface area contributed by atoms with E-state index in [1.807, 2.05) is 65.0 Å². The number of benzene rings is 1. The summed E-state index contributed by atoms with van der Waals surface area (Å²) in [6, 6.07) is 9.97. The first kappa shape index (κ1) is 15.6. The highest BCUT2D eigenvalue weighted by atomic mass is 16.7. The zero-order valence-corrected chi connectivity index (χ0v) is 13.3. The molecule has 1 saturated heterocycles. The third-order valence-electron chi connectivity index (χ3n) is 4.91. The van der Waals surface area contributed by atoms with Gasteiger partial charge in [-0.2, -0.15) is 0 Å². The van der Waals surface area contributed by atoms with Crippen LogP contribution in [0, 0.1) is 0 Å². The molecule has 0 aromatic heterocycles. The molecule has 4 heteroatoms. The average molecular weight is 276 g/mol. The van der Waals surface area contributed by atoms with Crippen molar-refractivity contribution >= 4 is 7.12 Å². The van der Waals surface area contributed by atoms with E-state index in [9.17, 15) is 5.11 Å². The van der Waals surface area contributed by atoms with E-state index >= 15 is 0 Å². The van der Waals surface area contributed by atoms with E-state index in [0.717, 1.165) is 5.56 Å². The van der Waals surface area contributed by atoms with Crippen LogP contribution in [0.1, 0.15) is 53.0 Å². The lowest BCUT2D eigenvalue weighted by molar-refractivity contribution is 0.00578. The molecule has 2 atom stereocenters.